The molecule has 0 aliphatic rings. The van der Waals surface area contributed by atoms with E-state index in [1.54, 1.807) is 0 Å². The minimum atomic E-state index is 0. The smallest absolute Gasteiger partial charge is 0.174 e. The topological polar surface area (TPSA) is 31.6 Å². The second-order valence-electron chi connectivity index (χ2n) is 1.43. The fourth-order valence-electron chi connectivity index (χ4n) is 0.456. The Morgan fingerprint density at radius 3 is 2.56 bits per heavy atom. The predicted octanol–water partition coefficient (Wildman–Crippen LogP) is 2.14. The van der Waals surface area contributed by atoms with Crippen LogP contribution in [0.3, 0.4) is 0 Å². The van der Waals surface area contributed by atoms with Crippen molar-refractivity contribution in [2.75, 3.05) is 0 Å². The molecule has 1 aromatic rings. The van der Waals surface area contributed by atoms with E-state index in [1.165, 1.54) is 0 Å². The predicted molar refractivity (Wildman–Crippen MR) is 45.4 cm³/mol. The van der Waals surface area contributed by atoms with E-state index >= 15 is 0 Å². The van der Waals surface area contributed by atoms with Crippen molar-refractivity contribution in [2.45, 2.75) is 13.2 Å². The maximum Gasteiger partial charge on any atom is 0.174 e. The lowest BCUT2D eigenvalue weighted by Gasteiger charge is -1.79. The van der Waals surface area contributed by atoms with Crippen molar-refractivity contribution in [3.8, 4) is 0 Å². The van der Waals surface area contributed by atoms with Crippen LogP contribution in [0.4, 0.5) is 0 Å². The second kappa shape index (κ2) is 3.74. The molecule has 52 valence electrons. The Labute approximate surface area is 65.1 Å². The quantitative estimate of drug-likeness (QED) is 0.429. The van der Waals surface area contributed by atoms with Crippen LogP contribution in [0.2, 0.25) is 0 Å². The molecule has 0 aromatic carbocycles. The Morgan fingerprint density at radius 1 is 1.67 bits per heavy atom. The first-order valence-corrected chi connectivity index (χ1v) is 3.24. The summed E-state index contributed by atoms with van der Waals surface area (Å²) in [4.78, 5) is 5.74. The summed E-state index contributed by atoms with van der Waals surface area (Å²) in [6, 6.07) is 0. The van der Waals surface area contributed by atoms with Gasteiger partial charge in [0.05, 0.1) is 0 Å². The summed E-state index contributed by atoms with van der Waals surface area (Å²) in [5.41, 5.74) is 1.03. The molecule has 2 nitrogen and oxygen atoms in total. The number of aromatic nitrogens is 2. The highest BCUT2D eigenvalue weighted by Crippen LogP contribution is 1.95. The molecule has 0 aliphatic carbocycles. The fourth-order valence-corrected chi connectivity index (χ4v) is 0.816. The highest BCUT2D eigenvalue weighted by Gasteiger charge is 1.85. The van der Waals surface area contributed by atoms with Gasteiger partial charge in [0.15, 0.2) is 4.77 Å². The van der Waals surface area contributed by atoms with Gasteiger partial charge in [0.1, 0.15) is 0 Å². The van der Waals surface area contributed by atoms with Gasteiger partial charge in [0, 0.05) is 17.6 Å². The third-order valence-corrected chi connectivity index (χ3v) is 1.38. The number of imidazole rings is 1. The number of rotatable bonds is 1. The molecule has 1 aromatic heterocycles. The van der Waals surface area contributed by atoms with E-state index in [0.717, 1.165) is 5.69 Å². The van der Waals surface area contributed by atoms with Gasteiger partial charge >= 0.3 is 0 Å². The van der Waals surface area contributed by atoms with Gasteiger partial charge in [-0.3, -0.25) is 0 Å². The molecule has 1 rings (SSSR count). The van der Waals surface area contributed by atoms with Crippen LogP contribution in [0.5, 0.6) is 0 Å². The maximum absolute atomic E-state index is 4.75. The van der Waals surface area contributed by atoms with Gasteiger partial charge < -0.3 is 9.97 Å². The van der Waals surface area contributed by atoms with Crippen molar-refractivity contribution in [3.63, 3.8) is 0 Å². The van der Waals surface area contributed by atoms with Crippen LogP contribution in [0, 0.1) is 4.77 Å². The molecule has 0 radical (unpaired) electrons. The number of thiol groups is 1. The zero-order chi connectivity index (χ0) is 5.98. The van der Waals surface area contributed by atoms with Crippen LogP contribution in [0.15, 0.2) is 6.20 Å². The lowest BCUT2D eigenvalue weighted by molar-refractivity contribution is 1.21. The third-order valence-electron chi connectivity index (χ3n) is 0.822. The van der Waals surface area contributed by atoms with E-state index in [-0.39, 0.29) is 7.43 Å². The van der Waals surface area contributed by atoms with Crippen LogP contribution in [0.25, 0.3) is 0 Å². The zero-order valence-corrected chi connectivity index (χ0v) is 5.85. The summed E-state index contributed by atoms with van der Waals surface area (Å²) in [5.74, 6) is 0.702. The molecule has 0 unspecified atom stereocenters. The first kappa shape index (κ1) is 8.78. The average Bonchev–Trinajstić information content (AvgIpc) is 2.14. The Balaban J connectivity index is 0.000000640. The number of aromatic amines is 2. The SMILES string of the molecule is C.S=c1[nH]cc(CS)[nH]1. The van der Waals surface area contributed by atoms with E-state index in [2.05, 4.69) is 22.6 Å². The zero-order valence-electron chi connectivity index (χ0n) is 4.14. The minimum Gasteiger partial charge on any atom is -0.337 e. The van der Waals surface area contributed by atoms with Gasteiger partial charge in [-0.2, -0.15) is 12.6 Å². The molecule has 1 heterocycles. The average molecular weight is 162 g/mol. The van der Waals surface area contributed by atoms with Crippen molar-refractivity contribution >= 4 is 24.8 Å². The number of H-pyrrole nitrogens is 2. The molecule has 9 heavy (non-hydrogen) atoms. The molecule has 0 aliphatic heterocycles. The molecular weight excluding hydrogens is 152 g/mol. The Kier molecular flexibility index (Phi) is 3.65. The van der Waals surface area contributed by atoms with Crippen LogP contribution in [0.1, 0.15) is 13.1 Å². The lowest BCUT2D eigenvalue weighted by Crippen LogP contribution is -1.71. The van der Waals surface area contributed by atoms with Gasteiger partial charge in [0.25, 0.3) is 0 Å². The molecule has 0 atom stereocenters. The Morgan fingerprint density at radius 2 is 2.33 bits per heavy atom. The molecule has 4 heteroatoms. The van der Waals surface area contributed by atoms with Crippen molar-refractivity contribution in [3.05, 3.63) is 16.7 Å². The van der Waals surface area contributed by atoms with Gasteiger partial charge in [-0.25, -0.2) is 0 Å². The fraction of sp³-hybridized carbons (Fsp3) is 0.400. The Hall–Kier alpha value is -0.220. The van der Waals surface area contributed by atoms with Gasteiger partial charge in [0.2, 0.25) is 0 Å². The number of hydrogen-bond acceptors (Lipinski definition) is 2. The van der Waals surface area contributed by atoms with Crippen molar-refractivity contribution < 1.29 is 0 Å². The highest BCUT2D eigenvalue weighted by atomic mass is 32.1. The van der Waals surface area contributed by atoms with E-state index in [9.17, 15) is 0 Å². The summed E-state index contributed by atoms with van der Waals surface area (Å²) in [7, 11) is 0. The van der Waals surface area contributed by atoms with Crippen LogP contribution in [-0.2, 0) is 5.75 Å². The summed E-state index contributed by atoms with van der Waals surface area (Å²) in [6.07, 6.45) is 1.81. The third kappa shape index (κ3) is 2.24. The van der Waals surface area contributed by atoms with E-state index < -0.39 is 0 Å². The molecule has 0 saturated heterocycles. The van der Waals surface area contributed by atoms with E-state index in [0.29, 0.717) is 10.5 Å². The van der Waals surface area contributed by atoms with E-state index in [4.69, 9.17) is 12.2 Å². The van der Waals surface area contributed by atoms with Gasteiger partial charge in [-0.05, 0) is 12.2 Å². The van der Waals surface area contributed by atoms with Crippen LogP contribution < -0.4 is 0 Å². The normalized spacial score (nSPS) is 8.56. The summed E-state index contributed by atoms with van der Waals surface area (Å²) >= 11 is 8.78. The van der Waals surface area contributed by atoms with Crippen molar-refractivity contribution in [1.29, 1.82) is 0 Å². The summed E-state index contributed by atoms with van der Waals surface area (Å²) < 4.78 is 0.661. The standard InChI is InChI=1S/C4H6N2S2.CH4/c7-2-3-1-5-4(8)6-3;/h1,7H,2H2,(H2,5,6,8);1H4. The first-order chi connectivity index (χ1) is 3.83. The van der Waals surface area contributed by atoms with Gasteiger partial charge in [-0.1, -0.05) is 7.43 Å². The van der Waals surface area contributed by atoms with Gasteiger partial charge in [-0.15, -0.1) is 0 Å². The molecule has 0 fully saturated rings. The van der Waals surface area contributed by atoms with Crippen LogP contribution in [-0.4, -0.2) is 9.97 Å². The minimum absolute atomic E-state index is 0. The lowest BCUT2D eigenvalue weighted by atomic mass is 10.6. The van der Waals surface area contributed by atoms with Crippen molar-refractivity contribution in [2.24, 2.45) is 0 Å². The molecule has 2 N–H and O–H groups in total. The molecule has 0 bridgehead atoms. The monoisotopic (exact) mass is 162 g/mol. The molecule has 0 saturated carbocycles. The highest BCUT2D eigenvalue weighted by molar-refractivity contribution is 7.79. The number of hydrogen-bond donors (Lipinski definition) is 3. The molecule has 0 amide bonds. The molecular formula is C5H10N2S2. The summed E-state index contributed by atoms with van der Waals surface area (Å²) in [6.45, 7) is 0. The maximum atomic E-state index is 4.75. The largest absolute Gasteiger partial charge is 0.337 e. The second-order valence-corrected chi connectivity index (χ2v) is 2.15. The number of nitrogens with one attached hydrogen (secondary N) is 2. The Bertz CT molecular complexity index is 213. The first-order valence-electron chi connectivity index (χ1n) is 2.20. The van der Waals surface area contributed by atoms with Crippen molar-refractivity contribution in [1.82, 2.24) is 9.97 Å². The van der Waals surface area contributed by atoms with E-state index in [1.807, 2.05) is 6.20 Å². The molecule has 0 spiro atoms. The summed E-state index contributed by atoms with van der Waals surface area (Å²) in [5, 5.41) is 0. The van der Waals surface area contributed by atoms with Crippen LogP contribution >= 0.6 is 24.8 Å².